The van der Waals surface area contributed by atoms with Crippen LogP contribution in [0.2, 0.25) is 0 Å². The van der Waals surface area contributed by atoms with Gasteiger partial charge in [0.2, 0.25) is 5.91 Å². The second-order valence-corrected chi connectivity index (χ2v) is 5.04. The van der Waals surface area contributed by atoms with Gasteiger partial charge in [0, 0.05) is 0 Å². The van der Waals surface area contributed by atoms with Crippen LogP contribution in [-0.4, -0.2) is 29.1 Å². The fourth-order valence-electron chi connectivity index (χ4n) is 2.29. The minimum atomic E-state index is -1.04. The van der Waals surface area contributed by atoms with Crippen molar-refractivity contribution in [1.29, 1.82) is 0 Å². The lowest BCUT2D eigenvalue weighted by molar-refractivity contribution is -0.151. The molecule has 1 aliphatic carbocycles. The second-order valence-electron chi connectivity index (χ2n) is 5.04. The van der Waals surface area contributed by atoms with Crippen molar-refractivity contribution >= 4 is 11.9 Å². The molecule has 20 heavy (non-hydrogen) atoms. The van der Waals surface area contributed by atoms with Gasteiger partial charge in [-0.3, -0.25) is 4.79 Å². The van der Waals surface area contributed by atoms with E-state index in [1.54, 1.807) is 0 Å². The van der Waals surface area contributed by atoms with Crippen LogP contribution in [0.1, 0.15) is 31.7 Å². The Balaban J connectivity index is 1.92. The molecule has 1 aromatic rings. The van der Waals surface area contributed by atoms with Crippen LogP contribution in [0.3, 0.4) is 0 Å². The van der Waals surface area contributed by atoms with E-state index < -0.39 is 11.5 Å². The summed E-state index contributed by atoms with van der Waals surface area (Å²) in [5.74, 6) is -0.433. The summed E-state index contributed by atoms with van der Waals surface area (Å²) in [5, 5.41) is 11.8. The molecule has 0 unspecified atom stereocenters. The summed E-state index contributed by atoms with van der Waals surface area (Å²) in [5.41, 5.74) is -0.201. The summed E-state index contributed by atoms with van der Waals surface area (Å²) in [6, 6.07) is 7.25. The third-order valence-electron chi connectivity index (χ3n) is 3.59. The Morgan fingerprint density at radius 3 is 2.40 bits per heavy atom. The predicted octanol–water partition coefficient (Wildman–Crippen LogP) is 1.75. The van der Waals surface area contributed by atoms with E-state index in [9.17, 15) is 9.59 Å². The molecule has 5 nitrogen and oxygen atoms in total. The zero-order chi connectivity index (χ0) is 14.6. The minimum absolute atomic E-state index is 0.182. The van der Waals surface area contributed by atoms with Crippen LogP contribution in [-0.2, 0) is 16.0 Å². The molecule has 0 heterocycles. The maximum atomic E-state index is 11.9. The van der Waals surface area contributed by atoms with Crippen molar-refractivity contribution in [2.45, 2.75) is 38.1 Å². The van der Waals surface area contributed by atoms with E-state index in [0.717, 1.165) is 17.7 Å². The van der Waals surface area contributed by atoms with Crippen LogP contribution in [0.25, 0.3) is 0 Å². The molecule has 0 atom stereocenters. The van der Waals surface area contributed by atoms with Crippen molar-refractivity contribution in [1.82, 2.24) is 5.32 Å². The van der Waals surface area contributed by atoms with Gasteiger partial charge in [0.05, 0.1) is 13.0 Å². The molecule has 0 aliphatic heterocycles. The number of carbonyl (C=O) groups is 2. The summed E-state index contributed by atoms with van der Waals surface area (Å²) in [7, 11) is 0. The first-order valence-corrected chi connectivity index (χ1v) is 6.82. The van der Waals surface area contributed by atoms with E-state index in [-0.39, 0.29) is 12.3 Å². The number of ether oxygens (including phenoxy) is 1. The van der Waals surface area contributed by atoms with Crippen LogP contribution in [0.15, 0.2) is 24.3 Å². The molecule has 0 spiro atoms. The van der Waals surface area contributed by atoms with Crippen LogP contribution in [0.5, 0.6) is 5.75 Å². The highest BCUT2D eigenvalue weighted by Crippen LogP contribution is 2.32. The zero-order valence-electron chi connectivity index (χ0n) is 11.5. The smallest absolute Gasteiger partial charge is 0.329 e. The molecular weight excluding hydrogens is 258 g/mol. The number of carboxylic acid groups (broad SMARTS) is 1. The lowest BCUT2D eigenvalue weighted by Gasteiger charge is -2.38. The third-order valence-corrected chi connectivity index (χ3v) is 3.59. The molecule has 1 aromatic carbocycles. The van der Waals surface area contributed by atoms with Crippen molar-refractivity contribution in [2.24, 2.45) is 0 Å². The van der Waals surface area contributed by atoms with Gasteiger partial charge in [0.15, 0.2) is 0 Å². The molecule has 1 saturated carbocycles. The van der Waals surface area contributed by atoms with E-state index in [4.69, 9.17) is 9.84 Å². The average molecular weight is 277 g/mol. The number of carboxylic acids is 1. The van der Waals surface area contributed by atoms with Gasteiger partial charge in [-0.05, 0) is 43.9 Å². The Kier molecular flexibility index (Phi) is 4.27. The van der Waals surface area contributed by atoms with E-state index >= 15 is 0 Å². The van der Waals surface area contributed by atoms with E-state index in [2.05, 4.69) is 5.32 Å². The SMILES string of the molecule is CCOc1ccc(CC(=O)NC2(C(=O)O)CCC2)cc1. The third kappa shape index (κ3) is 3.10. The summed E-state index contributed by atoms with van der Waals surface area (Å²) in [6.45, 7) is 2.51. The van der Waals surface area contributed by atoms with Crippen molar-refractivity contribution in [3.8, 4) is 5.75 Å². The highest BCUT2D eigenvalue weighted by Gasteiger charge is 2.45. The lowest BCUT2D eigenvalue weighted by atomic mass is 9.76. The van der Waals surface area contributed by atoms with Crippen LogP contribution in [0, 0.1) is 0 Å². The van der Waals surface area contributed by atoms with Gasteiger partial charge >= 0.3 is 5.97 Å². The number of hydrogen-bond donors (Lipinski definition) is 2. The number of rotatable bonds is 6. The number of hydrogen-bond acceptors (Lipinski definition) is 3. The molecule has 2 N–H and O–H groups in total. The van der Waals surface area contributed by atoms with Crippen molar-refractivity contribution < 1.29 is 19.4 Å². The van der Waals surface area contributed by atoms with Crippen molar-refractivity contribution in [3.05, 3.63) is 29.8 Å². The van der Waals surface area contributed by atoms with Gasteiger partial charge in [0.1, 0.15) is 11.3 Å². The van der Waals surface area contributed by atoms with E-state index in [1.165, 1.54) is 0 Å². The maximum Gasteiger partial charge on any atom is 0.329 e. The summed E-state index contributed by atoms with van der Waals surface area (Å²) >= 11 is 0. The number of nitrogens with one attached hydrogen (secondary N) is 1. The molecule has 1 aliphatic rings. The minimum Gasteiger partial charge on any atom is -0.494 e. The Hall–Kier alpha value is -2.04. The van der Waals surface area contributed by atoms with E-state index in [0.29, 0.717) is 19.4 Å². The van der Waals surface area contributed by atoms with Gasteiger partial charge in [-0.15, -0.1) is 0 Å². The van der Waals surface area contributed by atoms with Crippen LogP contribution in [0.4, 0.5) is 0 Å². The standard InChI is InChI=1S/C15H19NO4/c1-2-20-12-6-4-11(5-7-12)10-13(17)16-15(14(18)19)8-3-9-15/h4-7H,2-3,8-10H2,1H3,(H,16,17)(H,18,19). The molecule has 5 heteroatoms. The molecule has 1 amide bonds. The van der Waals surface area contributed by atoms with Gasteiger partial charge in [-0.1, -0.05) is 12.1 Å². The fraction of sp³-hybridized carbons (Fsp3) is 0.467. The molecule has 2 rings (SSSR count). The quantitative estimate of drug-likeness (QED) is 0.830. The largest absolute Gasteiger partial charge is 0.494 e. The Labute approximate surface area is 117 Å². The van der Waals surface area contributed by atoms with Gasteiger partial charge in [0.25, 0.3) is 0 Å². The lowest BCUT2D eigenvalue weighted by Crippen LogP contribution is -2.59. The summed E-state index contributed by atoms with van der Waals surface area (Å²) < 4.78 is 5.33. The highest BCUT2D eigenvalue weighted by atomic mass is 16.5. The predicted molar refractivity (Wildman–Crippen MR) is 73.7 cm³/mol. The highest BCUT2D eigenvalue weighted by molar-refractivity contribution is 5.88. The normalized spacial score (nSPS) is 16.1. The number of carbonyl (C=O) groups excluding carboxylic acids is 1. The second kappa shape index (κ2) is 5.94. The summed E-state index contributed by atoms with van der Waals surface area (Å²) in [6.07, 6.45) is 2.05. The molecule has 0 bridgehead atoms. The first kappa shape index (κ1) is 14.4. The topological polar surface area (TPSA) is 75.6 Å². The number of amides is 1. The molecule has 1 fully saturated rings. The fourth-order valence-corrected chi connectivity index (χ4v) is 2.29. The Morgan fingerprint density at radius 2 is 1.95 bits per heavy atom. The first-order valence-electron chi connectivity index (χ1n) is 6.82. The molecular formula is C15H19NO4. The molecule has 0 aromatic heterocycles. The Bertz CT molecular complexity index is 491. The number of benzene rings is 1. The Morgan fingerprint density at radius 1 is 1.30 bits per heavy atom. The van der Waals surface area contributed by atoms with E-state index in [1.807, 2.05) is 31.2 Å². The number of aliphatic carboxylic acids is 1. The van der Waals surface area contributed by atoms with Gasteiger partial charge in [-0.25, -0.2) is 4.79 Å². The monoisotopic (exact) mass is 277 g/mol. The molecule has 0 saturated heterocycles. The molecule has 108 valence electrons. The maximum absolute atomic E-state index is 11.9. The average Bonchev–Trinajstić information content (AvgIpc) is 2.36. The first-order chi connectivity index (χ1) is 9.55. The van der Waals surface area contributed by atoms with Crippen LogP contribution < -0.4 is 10.1 Å². The summed E-state index contributed by atoms with van der Waals surface area (Å²) in [4.78, 5) is 23.1. The van der Waals surface area contributed by atoms with Crippen LogP contribution >= 0.6 is 0 Å². The van der Waals surface area contributed by atoms with Crippen molar-refractivity contribution in [3.63, 3.8) is 0 Å². The molecule has 0 radical (unpaired) electrons. The van der Waals surface area contributed by atoms with Gasteiger partial charge in [-0.2, -0.15) is 0 Å². The van der Waals surface area contributed by atoms with Crippen molar-refractivity contribution in [2.75, 3.05) is 6.61 Å². The zero-order valence-corrected chi connectivity index (χ0v) is 11.5. The van der Waals surface area contributed by atoms with Gasteiger partial charge < -0.3 is 15.2 Å².